The van der Waals surface area contributed by atoms with Crippen molar-refractivity contribution in [2.45, 2.75) is 26.5 Å². The molecule has 24 heavy (non-hydrogen) atoms. The van der Waals surface area contributed by atoms with Crippen molar-refractivity contribution in [1.29, 1.82) is 0 Å². The van der Waals surface area contributed by atoms with Gasteiger partial charge in [0.15, 0.2) is 5.82 Å². The first kappa shape index (κ1) is 16.4. The number of hydrogen-bond donors (Lipinski definition) is 0. The first-order chi connectivity index (χ1) is 11.7. The van der Waals surface area contributed by atoms with Gasteiger partial charge in [-0.25, -0.2) is 0 Å². The highest BCUT2D eigenvalue weighted by Crippen LogP contribution is 2.25. The van der Waals surface area contributed by atoms with Crippen LogP contribution in [0.3, 0.4) is 0 Å². The minimum Gasteiger partial charge on any atom is -0.493 e. The molecule has 1 aliphatic rings. The molecule has 2 heterocycles. The van der Waals surface area contributed by atoms with Gasteiger partial charge in [0.25, 0.3) is 5.91 Å². The van der Waals surface area contributed by atoms with E-state index in [4.69, 9.17) is 9.47 Å². The molecule has 3 rings (SSSR count). The van der Waals surface area contributed by atoms with Crippen molar-refractivity contribution in [3.05, 3.63) is 42.0 Å². The number of para-hydroxylation sites is 1. The molecule has 1 fully saturated rings. The summed E-state index contributed by atoms with van der Waals surface area (Å²) < 4.78 is 13.3. The number of benzene rings is 1. The molecule has 0 spiro atoms. The van der Waals surface area contributed by atoms with Crippen LogP contribution in [0.4, 0.5) is 0 Å². The maximum absolute atomic E-state index is 12.9. The number of carbonyl (C=O) groups excluding carboxylic acids is 1. The topological polar surface area (TPSA) is 69.5 Å². The maximum Gasteiger partial charge on any atom is 0.257 e. The van der Waals surface area contributed by atoms with Gasteiger partial charge in [0, 0.05) is 13.1 Å². The minimum absolute atomic E-state index is 0.0464. The summed E-state index contributed by atoms with van der Waals surface area (Å²) in [5.41, 5.74) is 0.581. The molecule has 1 saturated heterocycles. The lowest BCUT2D eigenvalue weighted by Gasteiger charge is -2.32. The van der Waals surface area contributed by atoms with Crippen LogP contribution in [-0.2, 0) is 11.3 Å². The van der Waals surface area contributed by atoms with Crippen LogP contribution in [0, 0.1) is 0 Å². The lowest BCUT2D eigenvalue weighted by molar-refractivity contribution is -0.0284. The SMILES string of the molecule is CCOc1ccccc1C(=O)N1CCO[C@H](c2nncn2CC)C1. The Kier molecular flexibility index (Phi) is 5.10. The third-order valence-corrected chi connectivity index (χ3v) is 4.05. The largest absolute Gasteiger partial charge is 0.493 e. The van der Waals surface area contributed by atoms with E-state index in [0.717, 1.165) is 12.4 Å². The van der Waals surface area contributed by atoms with Gasteiger partial charge in [-0.3, -0.25) is 4.79 Å². The number of nitrogens with zero attached hydrogens (tertiary/aromatic N) is 4. The molecule has 0 N–H and O–H groups in total. The van der Waals surface area contributed by atoms with Gasteiger partial charge < -0.3 is 18.9 Å². The highest BCUT2D eigenvalue weighted by Gasteiger charge is 2.30. The predicted molar refractivity (Wildman–Crippen MR) is 87.9 cm³/mol. The Morgan fingerprint density at radius 1 is 1.38 bits per heavy atom. The van der Waals surface area contributed by atoms with E-state index in [-0.39, 0.29) is 12.0 Å². The molecule has 0 unspecified atom stereocenters. The van der Waals surface area contributed by atoms with E-state index < -0.39 is 0 Å². The molecular formula is C17H22N4O3. The Morgan fingerprint density at radius 3 is 3.00 bits per heavy atom. The van der Waals surface area contributed by atoms with E-state index in [0.29, 0.717) is 37.6 Å². The second kappa shape index (κ2) is 7.44. The van der Waals surface area contributed by atoms with Gasteiger partial charge in [-0.2, -0.15) is 0 Å². The average Bonchev–Trinajstić information content (AvgIpc) is 3.11. The summed E-state index contributed by atoms with van der Waals surface area (Å²) in [7, 11) is 0. The molecule has 1 amide bonds. The zero-order chi connectivity index (χ0) is 16.9. The van der Waals surface area contributed by atoms with Crippen molar-refractivity contribution in [2.75, 3.05) is 26.3 Å². The van der Waals surface area contributed by atoms with Crippen LogP contribution in [0.15, 0.2) is 30.6 Å². The molecule has 7 heteroatoms. The molecule has 2 aromatic rings. The molecule has 128 valence electrons. The van der Waals surface area contributed by atoms with Gasteiger partial charge in [0.05, 0.1) is 25.3 Å². The normalized spacial score (nSPS) is 17.8. The molecule has 1 aromatic carbocycles. The molecular weight excluding hydrogens is 308 g/mol. The number of rotatable bonds is 5. The van der Waals surface area contributed by atoms with Gasteiger partial charge in [-0.1, -0.05) is 12.1 Å². The second-order valence-electron chi connectivity index (χ2n) is 5.51. The highest BCUT2D eigenvalue weighted by molar-refractivity contribution is 5.97. The number of amides is 1. The van der Waals surface area contributed by atoms with Crippen LogP contribution >= 0.6 is 0 Å². The number of morpholine rings is 1. The predicted octanol–water partition coefficient (Wildman–Crippen LogP) is 1.91. The zero-order valence-electron chi connectivity index (χ0n) is 14.0. The minimum atomic E-state index is -0.260. The lowest BCUT2D eigenvalue weighted by atomic mass is 10.1. The van der Waals surface area contributed by atoms with Gasteiger partial charge in [0.2, 0.25) is 0 Å². The summed E-state index contributed by atoms with van der Waals surface area (Å²) >= 11 is 0. The van der Waals surface area contributed by atoms with Crippen molar-refractivity contribution in [3.8, 4) is 5.75 Å². The third kappa shape index (κ3) is 3.26. The summed E-state index contributed by atoms with van der Waals surface area (Å²) in [6.45, 7) is 6.71. The summed E-state index contributed by atoms with van der Waals surface area (Å²) in [4.78, 5) is 14.7. The standard InChI is InChI=1S/C17H22N4O3/c1-3-20-12-18-19-16(20)15-11-21(9-10-24-15)17(22)13-7-5-6-8-14(13)23-4-2/h5-8,12,15H,3-4,9-11H2,1-2H3/t15-/m0/s1. The second-order valence-corrected chi connectivity index (χ2v) is 5.51. The molecule has 0 aliphatic carbocycles. The molecule has 1 aliphatic heterocycles. The molecule has 0 saturated carbocycles. The lowest BCUT2D eigenvalue weighted by Crippen LogP contribution is -2.43. The van der Waals surface area contributed by atoms with Crippen molar-refractivity contribution >= 4 is 5.91 Å². The molecule has 7 nitrogen and oxygen atoms in total. The Morgan fingerprint density at radius 2 is 2.21 bits per heavy atom. The Labute approximate surface area is 141 Å². The average molecular weight is 330 g/mol. The fourth-order valence-electron chi connectivity index (χ4n) is 2.84. The fraction of sp³-hybridized carbons (Fsp3) is 0.471. The highest BCUT2D eigenvalue weighted by atomic mass is 16.5. The van der Waals surface area contributed by atoms with Gasteiger partial charge >= 0.3 is 0 Å². The number of aryl methyl sites for hydroxylation is 1. The number of carbonyl (C=O) groups is 1. The van der Waals surface area contributed by atoms with Crippen molar-refractivity contribution in [3.63, 3.8) is 0 Å². The van der Waals surface area contributed by atoms with E-state index in [9.17, 15) is 4.79 Å². The maximum atomic E-state index is 12.9. The third-order valence-electron chi connectivity index (χ3n) is 4.05. The summed E-state index contributed by atoms with van der Waals surface area (Å²) in [5, 5.41) is 8.09. The van der Waals surface area contributed by atoms with Crippen LogP contribution in [-0.4, -0.2) is 51.9 Å². The van der Waals surface area contributed by atoms with E-state index in [2.05, 4.69) is 10.2 Å². The Balaban J connectivity index is 1.79. The smallest absolute Gasteiger partial charge is 0.257 e. The first-order valence-corrected chi connectivity index (χ1v) is 8.25. The fourth-order valence-corrected chi connectivity index (χ4v) is 2.84. The van der Waals surface area contributed by atoms with Gasteiger partial charge in [-0.15, -0.1) is 10.2 Å². The summed E-state index contributed by atoms with van der Waals surface area (Å²) in [6.07, 6.45) is 1.42. The van der Waals surface area contributed by atoms with E-state index in [1.54, 1.807) is 17.3 Å². The van der Waals surface area contributed by atoms with E-state index >= 15 is 0 Å². The zero-order valence-corrected chi connectivity index (χ0v) is 14.0. The summed E-state index contributed by atoms with van der Waals surface area (Å²) in [6, 6.07) is 7.34. The van der Waals surface area contributed by atoms with Crippen molar-refractivity contribution in [2.24, 2.45) is 0 Å². The van der Waals surface area contributed by atoms with Crippen LogP contribution in [0.25, 0.3) is 0 Å². The van der Waals surface area contributed by atoms with E-state index in [1.165, 1.54) is 0 Å². The molecule has 0 bridgehead atoms. The Bertz CT molecular complexity index is 701. The van der Waals surface area contributed by atoms with Gasteiger partial charge in [0.1, 0.15) is 18.2 Å². The monoisotopic (exact) mass is 330 g/mol. The van der Waals surface area contributed by atoms with Crippen molar-refractivity contribution in [1.82, 2.24) is 19.7 Å². The quantitative estimate of drug-likeness (QED) is 0.837. The van der Waals surface area contributed by atoms with Crippen LogP contribution in [0.1, 0.15) is 36.1 Å². The van der Waals surface area contributed by atoms with Crippen LogP contribution in [0.5, 0.6) is 5.75 Å². The molecule has 1 atom stereocenters. The van der Waals surface area contributed by atoms with Crippen LogP contribution in [0.2, 0.25) is 0 Å². The number of aromatic nitrogens is 3. The molecule has 1 aromatic heterocycles. The number of hydrogen-bond acceptors (Lipinski definition) is 5. The van der Waals surface area contributed by atoms with E-state index in [1.807, 2.05) is 36.6 Å². The number of ether oxygens (including phenoxy) is 2. The molecule has 0 radical (unpaired) electrons. The van der Waals surface area contributed by atoms with Gasteiger partial charge in [-0.05, 0) is 26.0 Å². The summed E-state index contributed by atoms with van der Waals surface area (Å²) in [5.74, 6) is 1.33. The first-order valence-electron chi connectivity index (χ1n) is 8.25. The Hall–Kier alpha value is -2.41. The van der Waals surface area contributed by atoms with Crippen LogP contribution < -0.4 is 4.74 Å². The van der Waals surface area contributed by atoms with Crippen molar-refractivity contribution < 1.29 is 14.3 Å².